The molecule has 2 aromatic rings. The summed E-state index contributed by atoms with van der Waals surface area (Å²) in [6.07, 6.45) is 1.68. The molecule has 0 spiro atoms. The lowest BCUT2D eigenvalue weighted by Crippen LogP contribution is -1.93. The van der Waals surface area contributed by atoms with Crippen LogP contribution in [0.1, 0.15) is 18.9 Å². The number of halogens is 3. The predicted octanol–water partition coefficient (Wildman–Crippen LogP) is 4.72. The maximum Gasteiger partial charge on any atom is 0.166 e. The topological polar surface area (TPSA) is 0 Å². The molecule has 0 saturated heterocycles. The molecule has 0 radical (unpaired) electrons. The monoisotopic (exact) mass is 250 g/mol. The van der Waals surface area contributed by atoms with Gasteiger partial charge in [0.15, 0.2) is 11.6 Å². The van der Waals surface area contributed by atoms with Crippen LogP contribution in [-0.2, 0) is 6.42 Å². The molecule has 0 amide bonds. The van der Waals surface area contributed by atoms with Gasteiger partial charge in [-0.25, -0.2) is 13.2 Å². The van der Waals surface area contributed by atoms with Crippen molar-refractivity contribution in [1.82, 2.24) is 0 Å². The zero-order valence-corrected chi connectivity index (χ0v) is 10.0. The fourth-order valence-electron chi connectivity index (χ4n) is 1.93. The number of hydrogen-bond donors (Lipinski definition) is 0. The van der Waals surface area contributed by atoms with Crippen LogP contribution >= 0.6 is 0 Å². The molecule has 0 aromatic heterocycles. The van der Waals surface area contributed by atoms with Crippen LogP contribution in [0.5, 0.6) is 0 Å². The third-order valence-electron chi connectivity index (χ3n) is 2.81. The Morgan fingerprint density at radius 1 is 0.889 bits per heavy atom. The molecule has 0 saturated carbocycles. The largest absolute Gasteiger partial charge is 0.206 e. The first-order chi connectivity index (χ1) is 8.63. The molecule has 0 fully saturated rings. The maximum absolute atomic E-state index is 13.9. The van der Waals surface area contributed by atoms with Gasteiger partial charge < -0.3 is 0 Å². The Kier molecular flexibility index (Phi) is 3.70. The molecule has 94 valence electrons. The Bertz CT molecular complexity index is 562. The maximum atomic E-state index is 13.9. The number of rotatable bonds is 3. The molecule has 0 aliphatic carbocycles. The molecule has 18 heavy (non-hydrogen) atoms. The third kappa shape index (κ3) is 2.40. The summed E-state index contributed by atoms with van der Waals surface area (Å²) in [5.41, 5.74) is 0.901. The van der Waals surface area contributed by atoms with Crippen LogP contribution in [0.3, 0.4) is 0 Å². The normalized spacial score (nSPS) is 10.7. The number of aryl methyl sites for hydroxylation is 1. The Labute approximate surface area is 104 Å². The molecule has 0 unspecified atom stereocenters. The van der Waals surface area contributed by atoms with E-state index in [-0.39, 0.29) is 11.1 Å². The van der Waals surface area contributed by atoms with Crippen molar-refractivity contribution in [3.05, 3.63) is 59.4 Å². The Hall–Kier alpha value is -1.77. The minimum Gasteiger partial charge on any atom is -0.206 e. The van der Waals surface area contributed by atoms with E-state index in [1.165, 1.54) is 24.3 Å². The highest BCUT2D eigenvalue weighted by atomic mass is 19.2. The molecule has 0 nitrogen and oxygen atoms in total. The molecule has 0 aliphatic heterocycles. The lowest BCUT2D eigenvalue weighted by Gasteiger charge is -2.07. The van der Waals surface area contributed by atoms with Gasteiger partial charge in [-0.3, -0.25) is 0 Å². The van der Waals surface area contributed by atoms with Crippen molar-refractivity contribution in [2.24, 2.45) is 0 Å². The quantitative estimate of drug-likeness (QED) is 0.739. The predicted molar refractivity (Wildman–Crippen MR) is 65.7 cm³/mol. The van der Waals surface area contributed by atoms with Gasteiger partial charge in [-0.05, 0) is 24.1 Å². The summed E-state index contributed by atoms with van der Waals surface area (Å²) in [5, 5.41) is 0. The average molecular weight is 250 g/mol. The average Bonchev–Trinajstić information content (AvgIpc) is 2.34. The number of hydrogen-bond acceptors (Lipinski definition) is 0. The summed E-state index contributed by atoms with van der Waals surface area (Å²) in [6, 6.07) is 8.37. The van der Waals surface area contributed by atoms with E-state index in [2.05, 4.69) is 0 Å². The van der Waals surface area contributed by atoms with Crippen molar-refractivity contribution in [1.29, 1.82) is 0 Å². The van der Waals surface area contributed by atoms with Crippen molar-refractivity contribution in [3.8, 4) is 11.1 Å². The second-order valence-corrected chi connectivity index (χ2v) is 4.17. The first kappa shape index (κ1) is 12.7. The van der Waals surface area contributed by atoms with Crippen LogP contribution in [0.2, 0.25) is 0 Å². The van der Waals surface area contributed by atoms with Crippen LogP contribution in [0, 0.1) is 17.5 Å². The molecule has 0 N–H and O–H groups in total. The second kappa shape index (κ2) is 5.25. The van der Waals surface area contributed by atoms with Crippen molar-refractivity contribution in [2.45, 2.75) is 19.8 Å². The molecular weight excluding hydrogens is 237 g/mol. The summed E-state index contributed by atoms with van der Waals surface area (Å²) in [7, 11) is 0. The summed E-state index contributed by atoms with van der Waals surface area (Å²) < 4.78 is 40.6. The van der Waals surface area contributed by atoms with Crippen molar-refractivity contribution in [3.63, 3.8) is 0 Å². The summed E-state index contributed by atoms with van der Waals surface area (Å²) in [6.45, 7) is 2.00. The fraction of sp³-hybridized carbons (Fsp3) is 0.200. The van der Waals surface area contributed by atoms with Gasteiger partial charge in [0.2, 0.25) is 0 Å². The molecule has 2 rings (SSSR count). The van der Waals surface area contributed by atoms with Gasteiger partial charge in [-0.2, -0.15) is 0 Å². The van der Waals surface area contributed by atoms with E-state index in [9.17, 15) is 13.2 Å². The van der Waals surface area contributed by atoms with Gasteiger partial charge in [0.1, 0.15) is 5.82 Å². The number of benzene rings is 2. The fourth-order valence-corrected chi connectivity index (χ4v) is 1.93. The highest BCUT2D eigenvalue weighted by molar-refractivity contribution is 5.65. The summed E-state index contributed by atoms with van der Waals surface area (Å²) >= 11 is 0. The van der Waals surface area contributed by atoms with Crippen LogP contribution < -0.4 is 0 Å². The van der Waals surface area contributed by atoms with Crippen molar-refractivity contribution in [2.75, 3.05) is 0 Å². The molecule has 0 aliphatic rings. The Morgan fingerprint density at radius 3 is 2.33 bits per heavy atom. The Balaban J connectivity index is 2.48. The van der Waals surface area contributed by atoms with Gasteiger partial charge in [0.25, 0.3) is 0 Å². The zero-order valence-electron chi connectivity index (χ0n) is 10.0. The van der Waals surface area contributed by atoms with Gasteiger partial charge in [-0.15, -0.1) is 0 Å². The molecule has 3 heteroatoms. The minimum atomic E-state index is -1.01. The van der Waals surface area contributed by atoms with E-state index in [0.29, 0.717) is 0 Å². The van der Waals surface area contributed by atoms with E-state index in [1.54, 1.807) is 6.07 Å². The highest BCUT2D eigenvalue weighted by Gasteiger charge is 2.13. The van der Waals surface area contributed by atoms with E-state index < -0.39 is 17.5 Å². The standard InChI is InChI=1S/C15H13F3/c1-2-4-10-7-8-11(14(17)9-10)12-5-3-6-13(16)15(12)18/h3,5-9H,2,4H2,1H3. The molecular formula is C15H13F3. The van der Waals surface area contributed by atoms with E-state index in [0.717, 1.165) is 24.5 Å². The van der Waals surface area contributed by atoms with Crippen LogP contribution in [0.4, 0.5) is 13.2 Å². The van der Waals surface area contributed by atoms with E-state index in [1.807, 2.05) is 6.92 Å². The molecule has 0 heterocycles. The summed E-state index contributed by atoms with van der Waals surface area (Å²) in [5.74, 6) is -2.50. The van der Waals surface area contributed by atoms with Gasteiger partial charge in [0, 0.05) is 11.1 Å². The highest BCUT2D eigenvalue weighted by Crippen LogP contribution is 2.27. The van der Waals surface area contributed by atoms with Crippen LogP contribution in [0.15, 0.2) is 36.4 Å². The first-order valence-electron chi connectivity index (χ1n) is 5.86. The van der Waals surface area contributed by atoms with Crippen LogP contribution in [-0.4, -0.2) is 0 Å². The lowest BCUT2D eigenvalue weighted by atomic mass is 10.0. The third-order valence-corrected chi connectivity index (χ3v) is 2.81. The van der Waals surface area contributed by atoms with E-state index >= 15 is 0 Å². The van der Waals surface area contributed by atoms with Gasteiger partial charge in [0.05, 0.1) is 0 Å². The SMILES string of the molecule is CCCc1ccc(-c2cccc(F)c2F)c(F)c1. The smallest absolute Gasteiger partial charge is 0.166 e. The van der Waals surface area contributed by atoms with Gasteiger partial charge >= 0.3 is 0 Å². The molecule has 0 bridgehead atoms. The second-order valence-electron chi connectivity index (χ2n) is 4.17. The van der Waals surface area contributed by atoms with E-state index in [4.69, 9.17) is 0 Å². The van der Waals surface area contributed by atoms with Crippen molar-refractivity contribution < 1.29 is 13.2 Å². The minimum absolute atomic E-state index is 0.0458. The first-order valence-corrected chi connectivity index (χ1v) is 5.86. The molecule has 0 atom stereocenters. The van der Waals surface area contributed by atoms with Gasteiger partial charge in [-0.1, -0.05) is 37.6 Å². The van der Waals surface area contributed by atoms with Crippen LogP contribution in [0.25, 0.3) is 11.1 Å². The lowest BCUT2D eigenvalue weighted by molar-refractivity contribution is 0.510. The van der Waals surface area contributed by atoms with Crippen molar-refractivity contribution >= 4 is 0 Å². The summed E-state index contributed by atoms with van der Waals surface area (Å²) in [4.78, 5) is 0. The molecule has 2 aromatic carbocycles. The zero-order chi connectivity index (χ0) is 13.1. The Morgan fingerprint density at radius 2 is 1.67 bits per heavy atom.